The Balaban J connectivity index is 1.84. The van der Waals surface area contributed by atoms with E-state index in [0.717, 1.165) is 25.0 Å². The predicted molar refractivity (Wildman–Crippen MR) is 71.5 cm³/mol. The van der Waals surface area contributed by atoms with Crippen LogP contribution in [0.25, 0.3) is 0 Å². The molecule has 0 spiro atoms. The molecule has 1 aromatic carbocycles. The van der Waals surface area contributed by atoms with Gasteiger partial charge in [-0.25, -0.2) is 0 Å². The minimum Gasteiger partial charge on any atom is -0.376 e. The summed E-state index contributed by atoms with van der Waals surface area (Å²) in [6.45, 7) is 3.60. The van der Waals surface area contributed by atoms with Crippen molar-refractivity contribution in [2.24, 2.45) is 0 Å². The van der Waals surface area contributed by atoms with Gasteiger partial charge in [0, 0.05) is 20.2 Å². The molecule has 98 valence electrons. The van der Waals surface area contributed by atoms with E-state index in [9.17, 15) is 4.79 Å². The lowest BCUT2D eigenvalue weighted by Gasteiger charge is -2.20. The quantitative estimate of drug-likeness (QED) is 0.816. The van der Waals surface area contributed by atoms with E-state index >= 15 is 0 Å². The van der Waals surface area contributed by atoms with Crippen molar-refractivity contribution in [2.75, 3.05) is 20.2 Å². The Morgan fingerprint density at radius 2 is 2.11 bits per heavy atom. The number of aryl methyl sites for hydroxylation is 1. The summed E-state index contributed by atoms with van der Waals surface area (Å²) < 4.78 is 5.55. The van der Waals surface area contributed by atoms with E-state index in [2.05, 4.69) is 6.92 Å². The number of likely N-dealkylation sites (N-methyl/N-ethyl adjacent to an activating group) is 1. The molecular formula is C15H21NO2. The smallest absolute Gasteiger partial charge is 0.226 e. The maximum Gasteiger partial charge on any atom is 0.226 e. The third-order valence-electron chi connectivity index (χ3n) is 3.40. The monoisotopic (exact) mass is 247 g/mol. The Hall–Kier alpha value is -1.35. The molecule has 3 heteroatoms. The molecule has 2 rings (SSSR count). The lowest BCUT2D eigenvalue weighted by Crippen LogP contribution is -2.35. The highest BCUT2D eigenvalue weighted by atomic mass is 16.5. The second kappa shape index (κ2) is 6.01. The number of amides is 1. The van der Waals surface area contributed by atoms with Crippen molar-refractivity contribution >= 4 is 5.91 Å². The summed E-state index contributed by atoms with van der Waals surface area (Å²) in [6, 6.07) is 8.13. The van der Waals surface area contributed by atoms with Crippen molar-refractivity contribution in [2.45, 2.75) is 32.3 Å². The highest BCUT2D eigenvalue weighted by Gasteiger charge is 2.19. The summed E-state index contributed by atoms with van der Waals surface area (Å²) in [5.41, 5.74) is 2.30. The van der Waals surface area contributed by atoms with Gasteiger partial charge in [0.15, 0.2) is 0 Å². The summed E-state index contributed by atoms with van der Waals surface area (Å²) in [4.78, 5) is 13.8. The lowest BCUT2D eigenvalue weighted by molar-refractivity contribution is -0.130. The average molecular weight is 247 g/mol. The molecule has 3 nitrogen and oxygen atoms in total. The molecule has 0 radical (unpaired) electrons. The summed E-state index contributed by atoms with van der Waals surface area (Å²) in [6.07, 6.45) is 2.90. The first kappa shape index (κ1) is 13.1. The standard InChI is InChI=1S/C15H21NO2/c1-12-5-7-13(8-6-12)10-15(17)16(2)11-14-4-3-9-18-14/h5-8,14H,3-4,9-11H2,1-2H3. The minimum atomic E-state index is 0.161. The summed E-state index contributed by atoms with van der Waals surface area (Å²) >= 11 is 0. The van der Waals surface area contributed by atoms with Crippen LogP contribution < -0.4 is 0 Å². The van der Waals surface area contributed by atoms with Crippen molar-refractivity contribution < 1.29 is 9.53 Å². The van der Waals surface area contributed by atoms with E-state index in [1.807, 2.05) is 31.3 Å². The maximum absolute atomic E-state index is 12.1. The Morgan fingerprint density at radius 3 is 2.72 bits per heavy atom. The van der Waals surface area contributed by atoms with Gasteiger partial charge in [-0.05, 0) is 25.3 Å². The first-order chi connectivity index (χ1) is 8.65. The molecule has 18 heavy (non-hydrogen) atoms. The van der Waals surface area contributed by atoms with E-state index in [0.29, 0.717) is 13.0 Å². The first-order valence-electron chi connectivity index (χ1n) is 6.56. The second-order valence-corrected chi connectivity index (χ2v) is 5.07. The van der Waals surface area contributed by atoms with Crippen LogP contribution in [0.3, 0.4) is 0 Å². The average Bonchev–Trinajstić information content (AvgIpc) is 2.85. The number of benzene rings is 1. The molecule has 1 unspecified atom stereocenters. The fourth-order valence-corrected chi connectivity index (χ4v) is 2.21. The van der Waals surface area contributed by atoms with Crippen molar-refractivity contribution in [3.63, 3.8) is 0 Å². The SMILES string of the molecule is Cc1ccc(CC(=O)N(C)CC2CCCO2)cc1. The van der Waals surface area contributed by atoms with Crippen molar-refractivity contribution in [1.82, 2.24) is 4.90 Å². The molecule has 1 amide bonds. The zero-order valence-corrected chi connectivity index (χ0v) is 11.2. The third-order valence-corrected chi connectivity index (χ3v) is 3.40. The van der Waals surface area contributed by atoms with Gasteiger partial charge in [0.05, 0.1) is 12.5 Å². The highest BCUT2D eigenvalue weighted by Crippen LogP contribution is 2.13. The number of hydrogen-bond acceptors (Lipinski definition) is 2. The predicted octanol–water partition coefficient (Wildman–Crippen LogP) is 2.17. The molecule has 0 bridgehead atoms. The Labute approximate surface area is 109 Å². The van der Waals surface area contributed by atoms with Crippen LogP contribution in [-0.4, -0.2) is 37.1 Å². The molecule has 0 saturated carbocycles. The van der Waals surface area contributed by atoms with Crippen molar-refractivity contribution in [3.05, 3.63) is 35.4 Å². The number of ether oxygens (including phenoxy) is 1. The van der Waals surface area contributed by atoms with Crippen LogP contribution in [0, 0.1) is 6.92 Å². The maximum atomic E-state index is 12.1. The van der Waals surface area contributed by atoms with Crippen LogP contribution in [0.5, 0.6) is 0 Å². The third kappa shape index (κ3) is 3.57. The molecule has 1 aliphatic heterocycles. The second-order valence-electron chi connectivity index (χ2n) is 5.07. The van der Waals surface area contributed by atoms with Gasteiger partial charge in [-0.1, -0.05) is 29.8 Å². The van der Waals surface area contributed by atoms with Gasteiger partial charge in [0.1, 0.15) is 0 Å². The molecule has 1 heterocycles. The Morgan fingerprint density at radius 1 is 1.39 bits per heavy atom. The fourth-order valence-electron chi connectivity index (χ4n) is 2.21. The molecule has 1 aliphatic rings. The number of carbonyl (C=O) groups is 1. The molecule has 1 saturated heterocycles. The molecule has 1 atom stereocenters. The Bertz CT molecular complexity index is 393. The number of hydrogen-bond donors (Lipinski definition) is 0. The molecule has 0 aliphatic carbocycles. The summed E-state index contributed by atoms with van der Waals surface area (Å²) in [5.74, 6) is 0.161. The molecule has 0 N–H and O–H groups in total. The van der Waals surface area contributed by atoms with Gasteiger partial charge in [0.2, 0.25) is 5.91 Å². The summed E-state index contributed by atoms with van der Waals surface area (Å²) in [5, 5.41) is 0. The van der Waals surface area contributed by atoms with Crippen molar-refractivity contribution in [3.8, 4) is 0 Å². The molecule has 1 fully saturated rings. The molecular weight excluding hydrogens is 226 g/mol. The van der Waals surface area contributed by atoms with Crippen LogP contribution in [0.2, 0.25) is 0 Å². The van der Waals surface area contributed by atoms with E-state index in [4.69, 9.17) is 4.74 Å². The topological polar surface area (TPSA) is 29.5 Å². The minimum absolute atomic E-state index is 0.161. The zero-order valence-electron chi connectivity index (χ0n) is 11.2. The van der Waals surface area contributed by atoms with Gasteiger partial charge >= 0.3 is 0 Å². The highest BCUT2D eigenvalue weighted by molar-refractivity contribution is 5.78. The Kier molecular flexibility index (Phi) is 4.37. The largest absolute Gasteiger partial charge is 0.376 e. The van der Waals surface area contributed by atoms with E-state index in [-0.39, 0.29) is 12.0 Å². The van der Waals surface area contributed by atoms with Gasteiger partial charge in [-0.2, -0.15) is 0 Å². The number of rotatable bonds is 4. The first-order valence-corrected chi connectivity index (χ1v) is 6.56. The van der Waals surface area contributed by atoms with Crippen LogP contribution in [0.15, 0.2) is 24.3 Å². The van der Waals surface area contributed by atoms with Gasteiger partial charge in [0.25, 0.3) is 0 Å². The van der Waals surface area contributed by atoms with Crippen LogP contribution in [0.1, 0.15) is 24.0 Å². The van der Waals surface area contributed by atoms with Crippen LogP contribution in [0.4, 0.5) is 0 Å². The molecule has 0 aromatic heterocycles. The van der Waals surface area contributed by atoms with Crippen LogP contribution in [-0.2, 0) is 16.0 Å². The normalized spacial score (nSPS) is 18.9. The van der Waals surface area contributed by atoms with E-state index < -0.39 is 0 Å². The fraction of sp³-hybridized carbons (Fsp3) is 0.533. The number of nitrogens with zero attached hydrogens (tertiary/aromatic N) is 1. The van der Waals surface area contributed by atoms with Crippen molar-refractivity contribution in [1.29, 1.82) is 0 Å². The van der Waals surface area contributed by atoms with E-state index in [1.165, 1.54) is 5.56 Å². The van der Waals surface area contributed by atoms with Gasteiger partial charge < -0.3 is 9.64 Å². The van der Waals surface area contributed by atoms with Gasteiger partial charge in [-0.15, -0.1) is 0 Å². The van der Waals surface area contributed by atoms with E-state index in [1.54, 1.807) is 4.90 Å². The zero-order chi connectivity index (χ0) is 13.0. The molecule has 1 aromatic rings. The summed E-state index contributed by atoms with van der Waals surface area (Å²) in [7, 11) is 1.86. The van der Waals surface area contributed by atoms with Gasteiger partial charge in [-0.3, -0.25) is 4.79 Å². The number of carbonyl (C=O) groups excluding carboxylic acids is 1. The van der Waals surface area contributed by atoms with Crippen LogP contribution >= 0.6 is 0 Å². The lowest BCUT2D eigenvalue weighted by atomic mass is 10.1.